The number of esters is 1. The summed E-state index contributed by atoms with van der Waals surface area (Å²) in [5.41, 5.74) is 0. The van der Waals surface area contributed by atoms with Crippen molar-refractivity contribution in [2.45, 2.75) is 31.3 Å². The topological polar surface area (TPSA) is 81.4 Å². The molecule has 1 aromatic rings. The minimum absolute atomic E-state index is 0.232. The third kappa shape index (κ3) is 4.06. The van der Waals surface area contributed by atoms with Crippen molar-refractivity contribution < 1.29 is 18.8 Å². The van der Waals surface area contributed by atoms with E-state index < -0.39 is 10.5 Å². The molecule has 100 valence electrons. The Morgan fingerprint density at radius 2 is 2.11 bits per heavy atom. The van der Waals surface area contributed by atoms with Crippen molar-refractivity contribution >= 4 is 29.5 Å². The molecule has 2 unspecified atom stereocenters. The lowest BCUT2D eigenvalue weighted by Gasteiger charge is -2.14. The van der Waals surface area contributed by atoms with Crippen LogP contribution in [0.2, 0.25) is 0 Å². The third-order valence-corrected chi connectivity index (χ3v) is 3.41. The van der Waals surface area contributed by atoms with Gasteiger partial charge in [0.25, 0.3) is 0 Å². The quantitative estimate of drug-likeness (QED) is 0.820. The van der Waals surface area contributed by atoms with Crippen molar-refractivity contribution in [3.63, 3.8) is 0 Å². The Hall–Kier alpha value is -1.50. The van der Waals surface area contributed by atoms with E-state index >= 15 is 0 Å². The van der Waals surface area contributed by atoms with E-state index in [-0.39, 0.29) is 11.9 Å². The molecule has 0 aliphatic carbocycles. The zero-order chi connectivity index (χ0) is 13.7. The average Bonchev–Trinajstić information content (AvgIpc) is 2.73. The lowest BCUT2D eigenvalue weighted by atomic mass is 10.4. The summed E-state index contributed by atoms with van der Waals surface area (Å²) in [6.45, 7) is 5.15. The molecule has 6 nitrogen and oxygen atoms in total. The number of aromatic nitrogens is 1. The number of nitrogens with one attached hydrogen (secondary N) is 1. The number of methoxy groups -OCH3 is 1. The van der Waals surface area contributed by atoms with Gasteiger partial charge in [0.15, 0.2) is 5.82 Å². The number of hydrogen-bond donors (Lipinski definition) is 1. The Bertz CT molecular complexity index is 432. The number of carbonyl (C=O) groups excluding carboxylic acids is 2. The molecule has 0 aliphatic heterocycles. The molecular formula is C11H16N2O4S. The van der Waals surface area contributed by atoms with Crippen LogP contribution < -0.4 is 5.32 Å². The van der Waals surface area contributed by atoms with E-state index in [4.69, 9.17) is 4.52 Å². The van der Waals surface area contributed by atoms with Crippen LogP contribution in [0.4, 0.5) is 5.82 Å². The molecule has 2 atom stereocenters. The first-order valence-electron chi connectivity index (χ1n) is 5.41. The van der Waals surface area contributed by atoms with E-state index in [1.165, 1.54) is 18.9 Å². The van der Waals surface area contributed by atoms with Gasteiger partial charge in [0, 0.05) is 6.07 Å². The maximum Gasteiger partial charge on any atom is 0.318 e. The van der Waals surface area contributed by atoms with Crippen molar-refractivity contribution in [2.75, 3.05) is 12.4 Å². The Morgan fingerprint density at radius 1 is 1.44 bits per heavy atom. The van der Waals surface area contributed by atoms with Gasteiger partial charge in [-0.1, -0.05) is 5.16 Å². The molecule has 0 aliphatic rings. The molecule has 18 heavy (non-hydrogen) atoms. The Morgan fingerprint density at radius 3 is 2.61 bits per heavy atom. The maximum absolute atomic E-state index is 11.8. The van der Waals surface area contributed by atoms with Crippen molar-refractivity contribution in [3.05, 3.63) is 11.8 Å². The standard InChI is InChI=1S/C11H16N2O4S/c1-6-5-9(13-17-6)12-10(14)7(2)18-8(3)11(15)16-4/h5,7-8H,1-4H3,(H,12,13,14). The predicted octanol–water partition coefficient (Wildman–Crippen LogP) is 1.60. The smallest absolute Gasteiger partial charge is 0.318 e. The minimum Gasteiger partial charge on any atom is -0.468 e. The van der Waals surface area contributed by atoms with Gasteiger partial charge in [-0.3, -0.25) is 9.59 Å². The highest BCUT2D eigenvalue weighted by atomic mass is 32.2. The SMILES string of the molecule is COC(=O)C(C)SC(C)C(=O)Nc1cc(C)on1. The zero-order valence-electron chi connectivity index (χ0n) is 10.7. The number of hydrogen-bond acceptors (Lipinski definition) is 6. The minimum atomic E-state index is -0.394. The summed E-state index contributed by atoms with van der Waals surface area (Å²) < 4.78 is 9.43. The second-order valence-corrected chi connectivity index (χ2v) is 5.44. The fourth-order valence-electron chi connectivity index (χ4n) is 1.24. The molecule has 1 aromatic heterocycles. The highest BCUT2D eigenvalue weighted by molar-refractivity contribution is 8.01. The van der Waals surface area contributed by atoms with Gasteiger partial charge in [-0.2, -0.15) is 0 Å². The van der Waals surface area contributed by atoms with Crippen LogP contribution in [0, 0.1) is 6.92 Å². The summed E-state index contributed by atoms with van der Waals surface area (Å²) in [6.07, 6.45) is 0. The van der Waals surface area contributed by atoms with E-state index in [1.807, 2.05) is 0 Å². The number of anilines is 1. The molecule has 1 rings (SSSR count). The van der Waals surface area contributed by atoms with Crippen molar-refractivity contribution in [1.82, 2.24) is 5.16 Å². The lowest BCUT2D eigenvalue weighted by molar-refractivity contribution is -0.139. The monoisotopic (exact) mass is 272 g/mol. The first-order valence-corrected chi connectivity index (χ1v) is 6.35. The van der Waals surface area contributed by atoms with Gasteiger partial charge >= 0.3 is 5.97 Å². The molecule has 1 amide bonds. The number of ether oxygens (including phenoxy) is 1. The molecule has 0 saturated heterocycles. The summed E-state index contributed by atoms with van der Waals surface area (Å²) in [5, 5.41) is 5.48. The molecule has 0 aromatic carbocycles. The molecule has 7 heteroatoms. The van der Waals surface area contributed by atoms with Crippen LogP contribution in [0.1, 0.15) is 19.6 Å². The molecular weight excluding hydrogens is 256 g/mol. The number of thioether (sulfide) groups is 1. The summed E-state index contributed by atoms with van der Waals surface area (Å²) in [4.78, 5) is 23.0. The Labute approximate surface area is 109 Å². The molecule has 0 spiro atoms. The van der Waals surface area contributed by atoms with E-state index in [0.29, 0.717) is 11.6 Å². The average molecular weight is 272 g/mol. The maximum atomic E-state index is 11.8. The van der Waals surface area contributed by atoms with Gasteiger partial charge in [-0.25, -0.2) is 0 Å². The number of carbonyl (C=O) groups is 2. The van der Waals surface area contributed by atoms with Crippen LogP contribution in [0.25, 0.3) is 0 Å². The molecule has 0 radical (unpaired) electrons. The van der Waals surface area contributed by atoms with Crippen LogP contribution in [0.3, 0.4) is 0 Å². The molecule has 1 N–H and O–H groups in total. The second kappa shape index (κ2) is 6.44. The lowest BCUT2D eigenvalue weighted by Crippen LogP contribution is -2.27. The second-order valence-electron chi connectivity index (χ2n) is 3.76. The summed E-state index contributed by atoms with van der Waals surface area (Å²) in [5.74, 6) is 0.408. The molecule has 0 bridgehead atoms. The zero-order valence-corrected chi connectivity index (χ0v) is 11.5. The van der Waals surface area contributed by atoms with Crippen LogP contribution in [0.5, 0.6) is 0 Å². The number of aryl methyl sites for hydroxylation is 1. The largest absolute Gasteiger partial charge is 0.468 e. The highest BCUT2D eigenvalue weighted by Crippen LogP contribution is 2.20. The first kappa shape index (κ1) is 14.6. The first-order chi connectivity index (χ1) is 8.43. The number of rotatable bonds is 5. The summed E-state index contributed by atoms with van der Waals surface area (Å²) >= 11 is 1.22. The normalized spacial score (nSPS) is 13.8. The van der Waals surface area contributed by atoms with Crippen molar-refractivity contribution in [2.24, 2.45) is 0 Å². The van der Waals surface area contributed by atoms with Crippen molar-refractivity contribution in [1.29, 1.82) is 0 Å². The Kier molecular flexibility index (Phi) is 5.21. The van der Waals surface area contributed by atoms with E-state index in [9.17, 15) is 9.59 Å². The van der Waals surface area contributed by atoms with Gasteiger partial charge in [0.1, 0.15) is 11.0 Å². The number of nitrogens with zero attached hydrogens (tertiary/aromatic N) is 1. The fraction of sp³-hybridized carbons (Fsp3) is 0.545. The Balaban J connectivity index is 2.49. The third-order valence-electron chi connectivity index (χ3n) is 2.19. The van der Waals surface area contributed by atoms with Gasteiger partial charge in [0.2, 0.25) is 5.91 Å². The molecule has 0 saturated carbocycles. The van der Waals surface area contributed by atoms with Crippen molar-refractivity contribution in [3.8, 4) is 0 Å². The van der Waals surface area contributed by atoms with E-state index in [0.717, 1.165) is 0 Å². The molecule has 0 fully saturated rings. The van der Waals surface area contributed by atoms with E-state index in [2.05, 4.69) is 15.2 Å². The van der Waals surface area contributed by atoms with E-state index in [1.54, 1.807) is 26.8 Å². The fourth-order valence-corrected chi connectivity index (χ4v) is 2.24. The number of amides is 1. The molecule has 1 heterocycles. The van der Waals surface area contributed by atoms with Crippen LogP contribution in [-0.4, -0.2) is 34.6 Å². The highest BCUT2D eigenvalue weighted by Gasteiger charge is 2.22. The summed E-state index contributed by atoms with van der Waals surface area (Å²) in [6, 6.07) is 1.62. The van der Waals surface area contributed by atoms with Crippen LogP contribution in [0.15, 0.2) is 10.6 Å². The van der Waals surface area contributed by atoms with Gasteiger partial charge in [0.05, 0.1) is 12.4 Å². The van der Waals surface area contributed by atoms with Crippen LogP contribution in [-0.2, 0) is 14.3 Å². The predicted molar refractivity (Wildman–Crippen MR) is 68.4 cm³/mol. The van der Waals surface area contributed by atoms with Gasteiger partial charge < -0.3 is 14.6 Å². The van der Waals surface area contributed by atoms with Crippen LogP contribution >= 0.6 is 11.8 Å². The van der Waals surface area contributed by atoms with Gasteiger partial charge in [-0.05, 0) is 20.8 Å². The summed E-state index contributed by atoms with van der Waals surface area (Å²) in [7, 11) is 1.32. The van der Waals surface area contributed by atoms with Gasteiger partial charge in [-0.15, -0.1) is 11.8 Å².